The van der Waals surface area contributed by atoms with Crippen molar-refractivity contribution in [3.05, 3.63) is 0 Å². The van der Waals surface area contributed by atoms with Gasteiger partial charge >= 0.3 is 8.56 Å². The molecule has 266 valence electrons. The Morgan fingerprint density at radius 3 is 1.69 bits per heavy atom. The van der Waals surface area contributed by atoms with Gasteiger partial charge in [-0.2, -0.15) is 0 Å². The Morgan fingerprint density at radius 1 is 0.822 bits per heavy atom. The Hall–Kier alpha value is -0.386. The molecule has 1 aliphatic rings. The number of carbonyl (C=O) groups excluding carboxylic acids is 2. The van der Waals surface area contributed by atoms with Gasteiger partial charge in [0.2, 0.25) is 0 Å². The number of ketones is 1. The first-order valence-corrected chi connectivity index (χ1v) is 21.9. The van der Waals surface area contributed by atoms with Gasteiger partial charge in [0.1, 0.15) is 12.1 Å². The summed E-state index contributed by atoms with van der Waals surface area (Å²) in [6.07, 6.45) is 2.69. The van der Waals surface area contributed by atoms with Gasteiger partial charge in [-0.25, -0.2) is 0 Å². The number of methoxy groups -OCH3 is 1. The monoisotopic (exact) mass is 671 g/mol. The van der Waals surface area contributed by atoms with Crippen molar-refractivity contribution >= 4 is 28.9 Å². The first-order chi connectivity index (χ1) is 20.5. The van der Waals surface area contributed by atoms with Crippen LogP contribution in [0.2, 0.25) is 26.7 Å². The molecule has 0 amide bonds. The highest BCUT2D eigenvalue weighted by atomic mass is 28.4. The molecule has 0 unspecified atom stereocenters. The number of carbonyl (C=O) groups is 2. The van der Waals surface area contributed by atoms with E-state index in [1.165, 1.54) is 0 Å². The number of ether oxygens (including phenoxy) is 1. The molecule has 0 radical (unpaired) electrons. The van der Waals surface area contributed by atoms with Crippen molar-refractivity contribution in [2.24, 2.45) is 29.6 Å². The molecule has 0 aromatic carbocycles. The van der Waals surface area contributed by atoms with Crippen LogP contribution < -0.4 is 0 Å². The average molecular weight is 671 g/mol. The van der Waals surface area contributed by atoms with Crippen LogP contribution in [0.5, 0.6) is 0 Å². The van der Waals surface area contributed by atoms with Gasteiger partial charge in [0.25, 0.3) is 0 Å². The molecular weight excluding hydrogens is 597 g/mol. The lowest BCUT2D eigenvalue weighted by atomic mass is 9.81. The maximum absolute atomic E-state index is 13.7. The van der Waals surface area contributed by atoms with E-state index in [0.29, 0.717) is 29.7 Å². The molecule has 6 nitrogen and oxygen atoms in total. The van der Waals surface area contributed by atoms with Crippen molar-refractivity contribution in [1.29, 1.82) is 0 Å². The zero-order valence-electron chi connectivity index (χ0n) is 32.7. The van der Waals surface area contributed by atoms with Crippen molar-refractivity contribution < 1.29 is 27.6 Å². The molecule has 8 atom stereocenters. The second kappa shape index (κ2) is 16.8. The van der Waals surface area contributed by atoms with Gasteiger partial charge in [-0.3, -0.25) is 4.79 Å². The third-order valence-electron chi connectivity index (χ3n) is 11.2. The number of hydrogen-bond acceptors (Lipinski definition) is 6. The molecule has 45 heavy (non-hydrogen) atoms. The maximum atomic E-state index is 13.7. The van der Waals surface area contributed by atoms with Crippen LogP contribution in [0.1, 0.15) is 137 Å². The zero-order valence-corrected chi connectivity index (χ0v) is 34.7. The second-order valence-electron chi connectivity index (χ2n) is 17.5. The summed E-state index contributed by atoms with van der Waals surface area (Å²) in [6.45, 7) is 38.4. The van der Waals surface area contributed by atoms with Crippen LogP contribution in [-0.4, -0.2) is 61.0 Å². The van der Waals surface area contributed by atoms with Gasteiger partial charge in [0.05, 0.1) is 18.3 Å². The highest BCUT2D eigenvalue weighted by Crippen LogP contribution is 2.57. The van der Waals surface area contributed by atoms with Crippen LogP contribution in [0.3, 0.4) is 0 Å². The minimum absolute atomic E-state index is 0.0444. The SMILES string of the molecule is CO[C@H]([C@H](C)CCO[Si](C(C)C)(C(C)C)C(C)C)[C@@H](C)C(=O)CC[C@H](C)[C@@H]1O[Si](C(C)(C)C)(C(C)(C)C)O[C@@H]([C@@H](C)C=O)[C@H]1C. The van der Waals surface area contributed by atoms with E-state index in [-0.39, 0.29) is 63.8 Å². The molecule has 1 saturated heterocycles. The first-order valence-electron chi connectivity index (χ1n) is 18.0. The van der Waals surface area contributed by atoms with Crippen LogP contribution in [0.25, 0.3) is 0 Å². The Labute approximate surface area is 281 Å². The largest absolute Gasteiger partial charge is 0.416 e. The zero-order chi connectivity index (χ0) is 35.3. The molecule has 0 aromatic heterocycles. The summed E-state index contributed by atoms with van der Waals surface area (Å²) in [7, 11) is -3.03. The van der Waals surface area contributed by atoms with Crippen LogP contribution in [-0.2, 0) is 27.6 Å². The smallest absolute Gasteiger partial charge is 0.349 e. The molecular formula is C37H74O6Si2. The van der Waals surface area contributed by atoms with E-state index in [2.05, 4.69) is 104 Å². The van der Waals surface area contributed by atoms with Gasteiger partial charge in [-0.15, -0.1) is 0 Å². The fourth-order valence-corrected chi connectivity index (χ4v) is 19.7. The molecule has 1 heterocycles. The van der Waals surface area contributed by atoms with Crippen LogP contribution >= 0.6 is 0 Å². The standard InChI is InChI=1S/C37H74O6Si2/c1-24(2)44(25(3)4,26(5)6)41-22-21-28(8)33(40-18)30(10)32(39)20-19-27(7)34-31(11)35(29(9)23-38)43-45(42-34,36(12,13)14)37(15,16)17/h23-31,33-35H,19-22H2,1-18H3/t27-,28+,29-,30-,31-,33+,34-,35-/m0/s1. The first kappa shape index (κ1) is 42.6. The van der Waals surface area contributed by atoms with Crippen molar-refractivity contribution in [3.63, 3.8) is 0 Å². The summed E-state index contributed by atoms with van der Waals surface area (Å²) in [5, 5.41) is -0.385. The van der Waals surface area contributed by atoms with Crippen LogP contribution in [0, 0.1) is 29.6 Å². The number of Topliss-reactive ketones (excluding diaryl/α,β-unsaturated/α-hetero) is 1. The molecule has 0 aromatic rings. The van der Waals surface area contributed by atoms with Gasteiger partial charge in [-0.05, 0) is 41.3 Å². The minimum atomic E-state index is -2.83. The highest BCUT2D eigenvalue weighted by molar-refractivity contribution is 6.77. The lowest BCUT2D eigenvalue weighted by Gasteiger charge is -2.58. The van der Waals surface area contributed by atoms with E-state index in [0.717, 1.165) is 19.1 Å². The summed E-state index contributed by atoms with van der Waals surface area (Å²) in [5.74, 6) is 0.213. The third kappa shape index (κ3) is 9.40. The summed E-state index contributed by atoms with van der Waals surface area (Å²) in [4.78, 5) is 25.7. The number of rotatable bonds is 17. The number of hydrogen-bond donors (Lipinski definition) is 0. The summed E-state index contributed by atoms with van der Waals surface area (Å²) >= 11 is 0. The molecule has 1 aliphatic heterocycles. The second-order valence-corrected chi connectivity index (χ2v) is 27.7. The maximum Gasteiger partial charge on any atom is 0.349 e. The van der Waals surface area contributed by atoms with E-state index >= 15 is 0 Å². The molecule has 0 saturated carbocycles. The molecule has 1 fully saturated rings. The summed E-state index contributed by atoms with van der Waals surface area (Å²) < 4.78 is 27.0. The topological polar surface area (TPSA) is 71.1 Å². The lowest BCUT2D eigenvalue weighted by molar-refractivity contribution is -0.130. The quantitative estimate of drug-likeness (QED) is 0.113. The molecule has 0 N–H and O–H groups in total. The van der Waals surface area contributed by atoms with Crippen molar-refractivity contribution in [1.82, 2.24) is 0 Å². The van der Waals surface area contributed by atoms with Gasteiger partial charge in [0, 0.05) is 48.0 Å². The van der Waals surface area contributed by atoms with Crippen molar-refractivity contribution in [2.45, 2.75) is 182 Å². The Morgan fingerprint density at radius 2 is 1.29 bits per heavy atom. The third-order valence-corrected chi connectivity index (χ3v) is 22.5. The Kier molecular flexibility index (Phi) is 15.9. The van der Waals surface area contributed by atoms with Crippen LogP contribution in [0.4, 0.5) is 0 Å². The van der Waals surface area contributed by atoms with Gasteiger partial charge in [0.15, 0.2) is 8.32 Å². The van der Waals surface area contributed by atoms with E-state index in [9.17, 15) is 9.59 Å². The molecule has 8 heteroatoms. The fraction of sp³-hybridized carbons (Fsp3) is 0.946. The molecule has 1 rings (SSSR count). The normalized spacial score (nSPS) is 24.9. The predicted molar refractivity (Wildman–Crippen MR) is 193 cm³/mol. The average Bonchev–Trinajstić information content (AvgIpc) is 2.91. The van der Waals surface area contributed by atoms with E-state index in [1.807, 2.05) is 13.8 Å². The Bertz CT molecular complexity index is 885. The molecule has 0 bridgehead atoms. The molecule has 0 aliphatic carbocycles. The van der Waals surface area contributed by atoms with E-state index < -0.39 is 16.9 Å². The van der Waals surface area contributed by atoms with Crippen molar-refractivity contribution in [2.75, 3.05) is 13.7 Å². The summed E-state index contributed by atoms with van der Waals surface area (Å²) in [6, 6.07) is 0. The van der Waals surface area contributed by atoms with E-state index in [1.54, 1.807) is 7.11 Å². The molecule has 0 spiro atoms. The Balaban J connectivity index is 3.05. The summed E-state index contributed by atoms with van der Waals surface area (Å²) in [5.41, 5.74) is 1.65. The predicted octanol–water partition coefficient (Wildman–Crippen LogP) is 10.1. The fourth-order valence-electron chi connectivity index (χ4n) is 8.90. The highest BCUT2D eigenvalue weighted by Gasteiger charge is 2.64. The van der Waals surface area contributed by atoms with Gasteiger partial charge in [-0.1, -0.05) is 118 Å². The number of aldehydes is 1. The van der Waals surface area contributed by atoms with Crippen molar-refractivity contribution in [3.8, 4) is 0 Å². The van der Waals surface area contributed by atoms with Gasteiger partial charge < -0.3 is 22.8 Å². The van der Waals surface area contributed by atoms with Crippen LogP contribution in [0.15, 0.2) is 0 Å². The lowest BCUT2D eigenvalue weighted by Crippen LogP contribution is -2.67. The minimum Gasteiger partial charge on any atom is -0.416 e. The van der Waals surface area contributed by atoms with E-state index in [4.69, 9.17) is 18.0 Å².